The lowest BCUT2D eigenvalue weighted by Crippen LogP contribution is -2.46. The second-order valence-corrected chi connectivity index (χ2v) is 8.69. The van der Waals surface area contributed by atoms with Crippen LogP contribution in [0.2, 0.25) is 0 Å². The summed E-state index contributed by atoms with van der Waals surface area (Å²) in [6.45, 7) is 2.51. The van der Waals surface area contributed by atoms with E-state index in [1.54, 1.807) is 24.6 Å². The summed E-state index contributed by atoms with van der Waals surface area (Å²) < 4.78 is 27.1. The van der Waals surface area contributed by atoms with Crippen molar-refractivity contribution in [2.75, 3.05) is 26.7 Å². The van der Waals surface area contributed by atoms with Gasteiger partial charge in [0.05, 0.1) is 0 Å². The highest BCUT2D eigenvalue weighted by atomic mass is 127. The Bertz CT molecular complexity index is 838. The number of rotatable bonds is 5. The van der Waals surface area contributed by atoms with E-state index < -0.39 is 10.0 Å². The number of guanidine groups is 1. The summed E-state index contributed by atoms with van der Waals surface area (Å²) in [5.41, 5.74) is 2.70. The monoisotopic (exact) mass is 506 g/mol. The minimum absolute atomic E-state index is 0. The van der Waals surface area contributed by atoms with Gasteiger partial charge in [-0.2, -0.15) is 0 Å². The quantitative estimate of drug-likeness (QED) is 0.283. The second-order valence-electron chi connectivity index (χ2n) is 5.74. The number of hydrogen-bond acceptors (Lipinski definition) is 4. The molecule has 1 aliphatic heterocycles. The molecule has 1 aromatic carbocycles. The van der Waals surface area contributed by atoms with E-state index in [9.17, 15) is 8.42 Å². The van der Waals surface area contributed by atoms with Gasteiger partial charge in [-0.15, -0.1) is 35.3 Å². The number of fused-ring (bicyclic) bond motifs is 1. The zero-order valence-corrected chi connectivity index (χ0v) is 18.5. The van der Waals surface area contributed by atoms with Gasteiger partial charge in [0.15, 0.2) is 5.96 Å². The number of sulfonamides is 1. The molecule has 2 N–H and O–H groups in total. The normalized spacial score (nSPS) is 14.5. The van der Waals surface area contributed by atoms with Crippen LogP contribution in [-0.2, 0) is 23.0 Å². The van der Waals surface area contributed by atoms with Crippen molar-refractivity contribution in [2.45, 2.75) is 17.2 Å². The van der Waals surface area contributed by atoms with Crippen LogP contribution >= 0.6 is 35.3 Å². The van der Waals surface area contributed by atoms with Crippen LogP contribution in [0, 0.1) is 0 Å². The third-order valence-electron chi connectivity index (χ3n) is 4.10. The van der Waals surface area contributed by atoms with Crippen LogP contribution in [-0.4, -0.2) is 46.0 Å². The first kappa shape index (κ1) is 21.1. The predicted octanol–water partition coefficient (Wildman–Crippen LogP) is 2.28. The summed E-state index contributed by atoms with van der Waals surface area (Å²) in [7, 11) is -1.66. The van der Waals surface area contributed by atoms with Gasteiger partial charge in [0.2, 0.25) is 10.0 Å². The Hall–Kier alpha value is -1.17. The maximum atomic E-state index is 12.1. The summed E-state index contributed by atoms with van der Waals surface area (Å²) in [6, 6.07) is 11.8. The van der Waals surface area contributed by atoms with Crippen molar-refractivity contribution in [1.82, 2.24) is 14.9 Å². The van der Waals surface area contributed by atoms with Gasteiger partial charge in [0.25, 0.3) is 0 Å². The first-order chi connectivity index (χ1) is 12.1. The van der Waals surface area contributed by atoms with Gasteiger partial charge in [-0.25, -0.2) is 13.1 Å². The Morgan fingerprint density at radius 1 is 1.19 bits per heavy atom. The van der Waals surface area contributed by atoms with E-state index in [4.69, 9.17) is 0 Å². The fourth-order valence-electron chi connectivity index (χ4n) is 2.86. The van der Waals surface area contributed by atoms with Crippen LogP contribution < -0.4 is 10.0 Å². The van der Waals surface area contributed by atoms with Crippen molar-refractivity contribution in [3.8, 4) is 0 Å². The molecule has 0 saturated carbocycles. The number of halogens is 1. The maximum Gasteiger partial charge on any atom is 0.250 e. The van der Waals surface area contributed by atoms with Crippen molar-refractivity contribution in [2.24, 2.45) is 4.99 Å². The van der Waals surface area contributed by atoms with Gasteiger partial charge in [-0.1, -0.05) is 30.3 Å². The number of benzene rings is 1. The molecule has 2 heterocycles. The molecule has 0 unspecified atom stereocenters. The third-order valence-corrected chi connectivity index (χ3v) is 6.96. The van der Waals surface area contributed by atoms with Gasteiger partial charge < -0.3 is 10.2 Å². The smallest absolute Gasteiger partial charge is 0.250 e. The molecule has 0 atom stereocenters. The molecule has 6 nitrogen and oxygen atoms in total. The Balaban J connectivity index is 0.00000243. The average molecular weight is 506 g/mol. The number of thiophene rings is 1. The fraction of sp³-hybridized carbons (Fsp3) is 0.353. The van der Waals surface area contributed by atoms with Crippen molar-refractivity contribution in [1.29, 1.82) is 0 Å². The highest BCUT2D eigenvalue weighted by Crippen LogP contribution is 2.18. The molecule has 0 bridgehead atoms. The fourth-order valence-corrected chi connectivity index (χ4v) is 4.93. The van der Waals surface area contributed by atoms with Gasteiger partial charge >= 0.3 is 0 Å². The highest BCUT2D eigenvalue weighted by molar-refractivity contribution is 14.0. The van der Waals surface area contributed by atoms with E-state index in [2.05, 4.69) is 44.2 Å². The second kappa shape index (κ2) is 9.67. The number of nitrogens with one attached hydrogen (secondary N) is 2. The minimum Gasteiger partial charge on any atom is -0.355 e. The molecular formula is C17H23IN4O2S2. The number of nitrogens with zero attached hydrogens (tertiary/aromatic N) is 2. The zero-order chi connectivity index (χ0) is 17.7. The van der Waals surface area contributed by atoms with Gasteiger partial charge in [-0.3, -0.25) is 4.99 Å². The molecule has 1 aromatic heterocycles. The van der Waals surface area contributed by atoms with Crippen LogP contribution in [0.25, 0.3) is 0 Å². The van der Waals surface area contributed by atoms with Crippen LogP contribution in [0.3, 0.4) is 0 Å². The van der Waals surface area contributed by atoms with Crippen molar-refractivity contribution in [3.05, 3.63) is 52.9 Å². The molecule has 142 valence electrons. The van der Waals surface area contributed by atoms with Crippen LogP contribution in [0.4, 0.5) is 0 Å². The lowest BCUT2D eigenvalue weighted by atomic mass is 10.0. The number of hydrogen-bond donors (Lipinski definition) is 2. The average Bonchev–Trinajstić information content (AvgIpc) is 3.17. The van der Waals surface area contributed by atoms with Crippen molar-refractivity contribution in [3.63, 3.8) is 0 Å². The summed E-state index contributed by atoms with van der Waals surface area (Å²) in [5, 5.41) is 4.99. The van der Waals surface area contributed by atoms with Crippen LogP contribution in [0.15, 0.2) is 51.0 Å². The molecule has 3 rings (SSSR count). The molecule has 9 heteroatoms. The third kappa shape index (κ3) is 5.18. The van der Waals surface area contributed by atoms with E-state index >= 15 is 0 Å². The molecule has 0 fully saturated rings. The van der Waals surface area contributed by atoms with Crippen molar-refractivity contribution < 1.29 is 8.42 Å². The summed E-state index contributed by atoms with van der Waals surface area (Å²) >= 11 is 1.21. The standard InChI is InChI=1S/C17H22N4O2S2.HI/c1-18-17(21-11-8-14-5-2-3-6-15(14)13-21)19-9-10-20-25(22,23)16-7-4-12-24-16;/h2-7,12,20H,8-11,13H2,1H3,(H,18,19);1H. The van der Waals surface area contributed by atoms with Gasteiger partial charge in [-0.05, 0) is 29.0 Å². The van der Waals surface area contributed by atoms with Crippen LogP contribution in [0.1, 0.15) is 11.1 Å². The lowest BCUT2D eigenvalue weighted by molar-refractivity contribution is 0.379. The first-order valence-electron chi connectivity index (χ1n) is 8.16. The maximum absolute atomic E-state index is 12.1. The molecule has 0 aliphatic carbocycles. The summed E-state index contributed by atoms with van der Waals surface area (Å²) in [5.74, 6) is 0.796. The lowest BCUT2D eigenvalue weighted by Gasteiger charge is -2.31. The summed E-state index contributed by atoms with van der Waals surface area (Å²) in [6.07, 6.45) is 0.988. The highest BCUT2D eigenvalue weighted by Gasteiger charge is 2.19. The minimum atomic E-state index is -3.41. The Morgan fingerprint density at radius 2 is 1.96 bits per heavy atom. The predicted molar refractivity (Wildman–Crippen MR) is 117 cm³/mol. The molecule has 0 radical (unpaired) electrons. The van der Waals surface area contributed by atoms with E-state index in [1.807, 2.05) is 0 Å². The molecule has 0 amide bonds. The van der Waals surface area contributed by atoms with E-state index in [0.29, 0.717) is 17.3 Å². The Morgan fingerprint density at radius 3 is 2.65 bits per heavy atom. The topological polar surface area (TPSA) is 73.8 Å². The molecule has 0 spiro atoms. The first-order valence-corrected chi connectivity index (χ1v) is 10.5. The molecule has 1 aliphatic rings. The largest absolute Gasteiger partial charge is 0.355 e. The molecule has 0 saturated heterocycles. The van der Waals surface area contributed by atoms with Gasteiger partial charge in [0, 0.05) is 33.2 Å². The zero-order valence-electron chi connectivity index (χ0n) is 14.5. The summed E-state index contributed by atoms with van der Waals surface area (Å²) in [4.78, 5) is 6.52. The van der Waals surface area contributed by atoms with E-state index in [1.165, 1.54) is 22.5 Å². The van der Waals surface area contributed by atoms with Crippen LogP contribution in [0.5, 0.6) is 0 Å². The molecule has 2 aromatic rings. The number of aliphatic imine (C=N–C) groups is 1. The Kier molecular flexibility index (Phi) is 7.86. The Labute approximate surface area is 175 Å². The van der Waals surface area contributed by atoms with E-state index in [0.717, 1.165) is 25.5 Å². The molecular weight excluding hydrogens is 483 g/mol. The van der Waals surface area contributed by atoms with Crippen molar-refractivity contribution >= 4 is 51.3 Å². The van der Waals surface area contributed by atoms with E-state index in [-0.39, 0.29) is 24.0 Å². The van der Waals surface area contributed by atoms with Gasteiger partial charge in [0.1, 0.15) is 4.21 Å². The molecule has 26 heavy (non-hydrogen) atoms. The SMILES string of the molecule is CN=C(NCCNS(=O)(=O)c1cccs1)N1CCc2ccccc2C1.I.